The highest BCUT2D eigenvalue weighted by atomic mass is 32.1. The largest absolute Gasteiger partial charge is 0.497 e. The summed E-state index contributed by atoms with van der Waals surface area (Å²) in [6, 6.07) is 7.25. The molecule has 2 heterocycles. The smallest absolute Gasteiger partial charge is 0.244 e. The zero-order valence-corrected chi connectivity index (χ0v) is 13.6. The van der Waals surface area contributed by atoms with Crippen molar-refractivity contribution in [1.29, 1.82) is 0 Å². The predicted octanol–water partition coefficient (Wildman–Crippen LogP) is 2.96. The van der Waals surface area contributed by atoms with Crippen molar-refractivity contribution in [3.8, 4) is 16.5 Å². The molecule has 0 aliphatic heterocycles. The normalized spacial score (nSPS) is 10.5. The molecule has 1 aromatic carbocycles. The van der Waals surface area contributed by atoms with Crippen LogP contribution in [0.2, 0.25) is 0 Å². The van der Waals surface area contributed by atoms with Gasteiger partial charge in [-0.05, 0) is 19.1 Å². The lowest BCUT2D eigenvalue weighted by molar-refractivity contribution is -0.116. The number of aromatic nitrogens is 3. The van der Waals surface area contributed by atoms with E-state index in [0.717, 1.165) is 16.4 Å². The van der Waals surface area contributed by atoms with Crippen LogP contribution in [0, 0.1) is 6.92 Å². The van der Waals surface area contributed by atoms with Crippen LogP contribution in [0.25, 0.3) is 10.7 Å². The molecular formula is C16H16N4O2S. The van der Waals surface area contributed by atoms with Gasteiger partial charge in [0.2, 0.25) is 5.91 Å². The number of hydrogen-bond donors (Lipinski definition) is 1. The first-order valence-electron chi connectivity index (χ1n) is 7.02. The lowest BCUT2D eigenvalue weighted by Gasteiger charge is -2.07. The van der Waals surface area contributed by atoms with Gasteiger partial charge in [-0.1, -0.05) is 6.07 Å². The van der Waals surface area contributed by atoms with Gasteiger partial charge in [0.25, 0.3) is 0 Å². The quantitative estimate of drug-likeness (QED) is 0.782. The number of methoxy groups -OCH3 is 1. The molecule has 23 heavy (non-hydrogen) atoms. The number of thiazole rings is 1. The van der Waals surface area contributed by atoms with Gasteiger partial charge in [0.05, 0.1) is 13.4 Å². The molecule has 3 rings (SSSR count). The summed E-state index contributed by atoms with van der Waals surface area (Å²) >= 11 is 1.54. The van der Waals surface area contributed by atoms with Crippen LogP contribution < -0.4 is 10.1 Å². The fourth-order valence-electron chi connectivity index (χ4n) is 2.10. The van der Waals surface area contributed by atoms with E-state index in [4.69, 9.17) is 4.74 Å². The topological polar surface area (TPSA) is 69.0 Å². The van der Waals surface area contributed by atoms with Gasteiger partial charge in [-0.15, -0.1) is 11.3 Å². The molecule has 0 atom stereocenters. The summed E-state index contributed by atoms with van der Waals surface area (Å²) in [5.41, 5.74) is 2.44. The standard InChI is InChI=1S/C16H16N4O2S/c1-11-9-23-16(18-11)14-7-20(10-17-14)8-15(21)19-12-4-3-5-13(6-12)22-2/h3-7,9-10H,8H2,1-2H3,(H,19,21). The summed E-state index contributed by atoms with van der Waals surface area (Å²) in [6.07, 6.45) is 3.46. The molecule has 118 valence electrons. The monoisotopic (exact) mass is 328 g/mol. The van der Waals surface area contributed by atoms with Crippen LogP contribution in [0.1, 0.15) is 5.69 Å². The van der Waals surface area contributed by atoms with Crippen LogP contribution >= 0.6 is 11.3 Å². The van der Waals surface area contributed by atoms with E-state index in [-0.39, 0.29) is 12.5 Å². The van der Waals surface area contributed by atoms with E-state index in [2.05, 4.69) is 15.3 Å². The number of anilines is 1. The highest BCUT2D eigenvalue weighted by Crippen LogP contribution is 2.21. The maximum Gasteiger partial charge on any atom is 0.244 e. The summed E-state index contributed by atoms with van der Waals surface area (Å²) in [4.78, 5) is 20.8. The lowest BCUT2D eigenvalue weighted by Crippen LogP contribution is -2.17. The number of carbonyl (C=O) groups excluding carboxylic acids is 1. The van der Waals surface area contributed by atoms with E-state index in [1.165, 1.54) is 0 Å². The fourth-order valence-corrected chi connectivity index (χ4v) is 2.85. The Bertz CT molecular complexity index is 825. The third-order valence-electron chi connectivity index (χ3n) is 3.15. The predicted molar refractivity (Wildman–Crippen MR) is 89.7 cm³/mol. The molecule has 1 N–H and O–H groups in total. The van der Waals surface area contributed by atoms with Gasteiger partial charge in [0, 0.05) is 29.0 Å². The van der Waals surface area contributed by atoms with Gasteiger partial charge in [-0.25, -0.2) is 9.97 Å². The van der Waals surface area contributed by atoms with Crippen molar-refractivity contribution >= 4 is 22.9 Å². The number of benzene rings is 1. The summed E-state index contributed by atoms with van der Waals surface area (Å²) in [5, 5.41) is 5.67. The number of nitrogens with one attached hydrogen (secondary N) is 1. The number of hydrogen-bond acceptors (Lipinski definition) is 5. The van der Waals surface area contributed by atoms with Crippen LogP contribution in [0.3, 0.4) is 0 Å². The Morgan fingerprint density at radius 3 is 3.04 bits per heavy atom. The summed E-state index contributed by atoms with van der Waals surface area (Å²) in [6.45, 7) is 2.13. The van der Waals surface area contributed by atoms with Crippen molar-refractivity contribution in [2.24, 2.45) is 0 Å². The van der Waals surface area contributed by atoms with E-state index in [1.807, 2.05) is 36.7 Å². The third-order valence-corrected chi connectivity index (χ3v) is 4.13. The number of imidazole rings is 1. The fraction of sp³-hybridized carbons (Fsp3) is 0.188. The summed E-state index contributed by atoms with van der Waals surface area (Å²) < 4.78 is 6.87. The molecule has 1 amide bonds. The Balaban J connectivity index is 1.65. The minimum atomic E-state index is -0.127. The van der Waals surface area contributed by atoms with E-state index >= 15 is 0 Å². The molecule has 6 nitrogen and oxygen atoms in total. The van der Waals surface area contributed by atoms with E-state index in [9.17, 15) is 4.79 Å². The third kappa shape index (κ3) is 3.75. The maximum absolute atomic E-state index is 12.1. The van der Waals surface area contributed by atoms with Crippen LogP contribution in [0.15, 0.2) is 42.2 Å². The first-order valence-corrected chi connectivity index (χ1v) is 7.90. The number of ether oxygens (including phenoxy) is 1. The first kappa shape index (κ1) is 15.2. The lowest BCUT2D eigenvalue weighted by atomic mass is 10.3. The van der Waals surface area contributed by atoms with Gasteiger partial charge < -0.3 is 14.6 Å². The molecule has 7 heteroatoms. The minimum Gasteiger partial charge on any atom is -0.497 e. The summed E-state index contributed by atoms with van der Waals surface area (Å²) in [5.74, 6) is 0.573. The average Bonchev–Trinajstić information content (AvgIpc) is 3.16. The molecule has 0 aliphatic carbocycles. The summed E-state index contributed by atoms with van der Waals surface area (Å²) in [7, 11) is 1.59. The SMILES string of the molecule is COc1cccc(NC(=O)Cn2cnc(-c3nc(C)cs3)c2)c1. The van der Waals surface area contributed by atoms with Crippen LogP contribution in [-0.4, -0.2) is 27.6 Å². The number of rotatable bonds is 5. The molecule has 0 radical (unpaired) electrons. The number of aryl methyl sites for hydroxylation is 1. The van der Waals surface area contributed by atoms with Gasteiger partial charge in [-0.2, -0.15) is 0 Å². The number of amides is 1. The van der Waals surface area contributed by atoms with E-state index < -0.39 is 0 Å². The molecule has 3 aromatic rings. The van der Waals surface area contributed by atoms with Crippen molar-refractivity contribution in [1.82, 2.24) is 14.5 Å². The zero-order chi connectivity index (χ0) is 16.2. The molecule has 0 bridgehead atoms. The van der Waals surface area contributed by atoms with Gasteiger partial charge in [-0.3, -0.25) is 4.79 Å². The number of nitrogens with zero attached hydrogens (tertiary/aromatic N) is 3. The van der Waals surface area contributed by atoms with Crippen molar-refractivity contribution in [3.05, 3.63) is 47.9 Å². The van der Waals surface area contributed by atoms with Crippen molar-refractivity contribution in [2.75, 3.05) is 12.4 Å². The van der Waals surface area contributed by atoms with Crippen molar-refractivity contribution in [3.63, 3.8) is 0 Å². The first-order chi connectivity index (χ1) is 11.1. The van der Waals surface area contributed by atoms with Gasteiger partial charge in [0.1, 0.15) is 23.0 Å². The Morgan fingerprint density at radius 1 is 1.43 bits per heavy atom. The second-order valence-electron chi connectivity index (χ2n) is 5.01. The molecular weight excluding hydrogens is 312 g/mol. The molecule has 0 aliphatic rings. The molecule has 2 aromatic heterocycles. The van der Waals surface area contributed by atoms with Gasteiger partial charge >= 0.3 is 0 Å². The van der Waals surface area contributed by atoms with Crippen molar-refractivity contribution < 1.29 is 9.53 Å². The average molecular weight is 328 g/mol. The van der Waals surface area contributed by atoms with E-state index in [0.29, 0.717) is 11.4 Å². The van der Waals surface area contributed by atoms with Crippen LogP contribution in [0.5, 0.6) is 5.75 Å². The van der Waals surface area contributed by atoms with Crippen molar-refractivity contribution in [2.45, 2.75) is 13.5 Å². The molecule has 0 unspecified atom stereocenters. The highest BCUT2D eigenvalue weighted by Gasteiger charge is 2.09. The molecule has 0 spiro atoms. The molecule has 0 fully saturated rings. The highest BCUT2D eigenvalue weighted by molar-refractivity contribution is 7.13. The Morgan fingerprint density at radius 2 is 2.30 bits per heavy atom. The second-order valence-corrected chi connectivity index (χ2v) is 5.86. The molecule has 0 saturated heterocycles. The zero-order valence-electron chi connectivity index (χ0n) is 12.8. The number of carbonyl (C=O) groups is 1. The maximum atomic E-state index is 12.1. The Labute approximate surface area is 137 Å². The Hall–Kier alpha value is -2.67. The Kier molecular flexibility index (Phi) is 4.38. The molecule has 0 saturated carbocycles. The van der Waals surface area contributed by atoms with Crippen LogP contribution in [-0.2, 0) is 11.3 Å². The minimum absolute atomic E-state index is 0.127. The second kappa shape index (κ2) is 6.62. The van der Waals surface area contributed by atoms with E-state index in [1.54, 1.807) is 35.4 Å². The van der Waals surface area contributed by atoms with Gasteiger partial charge in [0.15, 0.2) is 0 Å². The van der Waals surface area contributed by atoms with Crippen LogP contribution in [0.4, 0.5) is 5.69 Å².